The van der Waals surface area contributed by atoms with Gasteiger partial charge in [-0.25, -0.2) is 0 Å². The number of hydrogen-bond donors (Lipinski definition) is 2. The molecule has 0 amide bonds. The van der Waals surface area contributed by atoms with Gasteiger partial charge in [0, 0.05) is 31.1 Å². The van der Waals surface area contributed by atoms with Gasteiger partial charge in [-0.2, -0.15) is 0 Å². The number of quaternary nitrogens is 1. The Morgan fingerprint density at radius 3 is 1.29 bits per heavy atom. The minimum atomic E-state index is -1.09. The van der Waals surface area contributed by atoms with Crippen molar-refractivity contribution in [2.75, 3.05) is 19.6 Å². The zero-order valence-electron chi connectivity index (χ0n) is 26.9. The summed E-state index contributed by atoms with van der Waals surface area (Å²) in [6, 6.07) is 0. The molecule has 41 heavy (non-hydrogen) atoms. The van der Waals surface area contributed by atoms with Gasteiger partial charge in [-0.05, 0) is 18.9 Å². The van der Waals surface area contributed by atoms with E-state index in [1.54, 1.807) is 20.8 Å². The lowest BCUT2D eigenvalue weighted by atomic mass is 10.0. The van der Waals surface area contributed by atoms with Gasteiger partial charge in [0.15, 0.2) is 0 Å². The van der Waals surface area contributed by atoms with E-state index in [9.17, 15) is 29.7 Å². The summed E-state index contributed by atoms with van der Waals surface area (Å²) in [5.41, 5.74) is 0. The predicted octanol–water partition coefficient (Wildman–Crippen LogP) is 7.58. The molecule has 0 aliphatic carbocycles. The van der Waals surface area contributed by atoms with E-state index in [1.165, 1.54) is 89.9 Å². The van der Waals surface area contributed by atoms with Crippen LogP contribution >= 0.6 is 0 Å². The molecule has 0 heterocycles. The minimum Gasteiger partial charge on any atom is -0.550 e. The molecule has 0 bridgehead atoms. The number of aliphatic carboxylic acids is 3. The van der Waals surface area contributed by atoms with E-state index in [1.807, 2.05) is 0 Å². The van der Waals surface area contributed by atoms with Gasteiger partial charge in [0.25, 0.3) is 0 Å². The van der Waals surface area contributed by atoms with E-state index in [0.717, 1.165) is 12.8 Å². The fourth-order valence-corrected chi connectivity index (χ4v) is 5.21. The van der Waals surface area contributed by atoms with E-state index in [-0.39, 0.29) is 0 Å². The molecule has 0 rings (SSSR count). The van der Waals surface area contributed by atoms with Gasteiger partial charge < -0.3 is 20.1 Å². The maximum absolute atomic E-state index is 11.5. The second-order valence-corrected chi connectivity index (χ2v) is 12.6. The smallest absolute Gasteiger partial charge is 0.306 e. The minimum absolute atomic E-state index is 0.397. The van der Waals surface area contributed by atoms with E-state index in [2.05, 4.69) is 19.2 Å². The molecule has 0 aliphatic rings. The Hall–Kier alpha value is -1.89. The van der Waals surface area contributed by atoms with Crippen molar-refractivity contribution in [1.29, 1.82) is 0 Å². The van der Waals surface area contributed by atoms with Crippen molar-refractivity contribution in [3.05, 3.63) is 12.3 Å². The number of carboxylic acids is 3. The summed E-state index contributed by atoms with van der Waals surface area (Å²) in [5, 5.41) is 30.2. The average molecular weight is 582 g/mol. The highest BCUT2D eigenvalue weighted by atomic mass is 16.4. The number of carboxylic acid groups (broad SMARTS) is 3. The van der Waals surface area contributed by atoms with Gasteiger partial charge >= 0.3 is 11.9 Å². The molecular weight excluding hydrogens is 518 g/mol. The number of nitrogens with zero attached hydrogens (tertiary/aromatic N) is 1. The fraction of sp³-hybridized carbons (Fsp3) is 0.853. The molecule has 2 N–H and O–H groups in total. The van der Waals surface area contributed by atoms with Gasteiger partial charge in [-0.15, -0.1) is 0 Å². The zero-order chi connectivity index (χ0) is 30.9. The summed E-state index contributed by atoms with van der Waals surface area (Å²) in [6.07, 6.45) is 26.3. The number of carbonyl (C=O) groups is 3. The summed E-state index contributed by atoms with van der Waals surface area (Å²) in [5.74, 6) is -4.47. The molecule has 3 unspecified atom stereocenters. The van der Waals surface area contributed by atoms with Gasteiger partial charge in [0.05, 0.1) is 37.7 Å². The van der Waals surface area contributed by atoms with Crippen molar-refractivity contribution in [3.8, 4) is 0 Å². The molecule has 0 aromatic heterocycles. The van der Waals surface area contributed by atoms with Crippen molar-refractivity contribution in [3.63, 3.8) is 0 Å². The van der Waals surface area contributed by atoms with Crippen LogP contribution in [0.1, 0.15) is 150 Å². The third-order valence-electron chi connectivity index (χ3n) is 8.66. The Bertz CT molecular complexity index is 662. The monoisotopic (exact) mass is 581 g/mol. The summed E-state index contributed by atoms with van der Waals surface area (Å²) < 4.78 is 0.408. The molecular formula is C34H63NO6. The number of unbranched alkanes of at least 4 members (excludes halogenated alkanes) is 15. The number of hydrogen-bond acceptors (Lipinski definition) is 4. The Morgan fingerprint density at radius 2 is 0.951 bits per heavy atom. The highest BCUT2D eigenvalue weighted by Gasteiger charge is 2.29. The van der Waals surface area contributed by atoms with Crippen LogP contribution in [0.25, 0.3) is 0 Å². The van der Waals surface area contributed by atoms with Crippen LogP contribution in [-0.4, -0.2) is 52.2 Å². The van der Waals surface area contributed by atoms with Crippen LogP contribution in [0.15, 0.2) is 12.3 Å². The van der Waals surface area contributed by atoms with Crippen LogP contribution in [0.5, 0.6) is 0 Å². The van der Waals surface area contributed by atoms with Crippen LogP contribution in [0.3, 0.4) is 0 Å². The average Bonchev–Trinajstić information content (AvgIpc) is 2.94. The Morgan fingerprint density at radius 1 is 0.610 bits per heavy atom. The second-order valence-electron chi connectivity index (χ2n) is 12.6. The lowest BCUT2D eigenvalue weighted by Gasteiger charge is -2.37. The second kappa shape index (κ2) is 24.7. The van der Waals surface area contributed by atoms with Crippen molar-refractivity contribution in [2.45, 2.75) is 150 Å². The maximum Gasteiger partial charge on any atom is 0.306 e. The van der Waals surface area contributed by atoms with Gasteiger partial charge in [0.1, 0.15) is 0 Å². The normalized spacial score (nSPS) is 15.4. The molecule has 0 saturated carbocycles. The first-order chi connectivity index (χ1) is 19.5. The highest BCUT2D eigenvalue weighted by Crippen LogP contribution is 2.21. The molecule has 0 fully saturated rings. The van der Waals surface area contributed by atoms with E-state index in [0.29, 0.717) is 43.4 Å². The summed E-state index contributed by atoms with van der Waals surface area (Å²) in [6.45, 7) is 8.84. The largest absolute Gasteiger partial charge is 0.550 e. The van der Waals surface area contributed by atoms with Crippen molar-refractivity contribution in [1.82, 2.24) is 0 Å². The van der Waals surface area contributed by atoms with E-state index < -0.39 is 35.7 Å². The predicted molar refractivity (Wildman–Crippen MR) is 165 cm³/mol. The Labute approximate surface area is 251 Å². The van der Waals surface area contributed by atoms with Crippen LogP contribution in [0.4, 0.5) is 0 Å². The third-order valence-corrected chi connectivity index (χ3v) is 8.66. The lowest BCUT2D eigenvalue weighted by Crippen LogP contribution is -2.48. The zero-order valence-corrected chi connectivity index (χ0v) is 26.9. The molecule has 0 saturated heterocycles. The Balaban J connectivity index is 4.66. The molecule has 0 aliphatic heterocycles. The SMILES string of the molecule is CCCCCCCCCCCCCCCCC/C=C/[N+](CCC(C)C(=O)[O-])(CCC(C)C(=O)O)CCC(C)C(=O)O. The molecule has 0 aromatic rings. The topological polar surface area (TPSA) is 115 Å². The van der Waals surface area contributed by atoms with Crippen LogP contribution in [0.2, 0.25) is 0 Å². The molecule has 7 heteroatoms. The van der Waals surface area contributed by atoms with Crippen molar-refractivity contribution in [2.24, 2.45) is 17.8 Å². The fourth-order valence-electron chi connectivity index (χ4n) is 5.21. The van der Waals surface area contributed by atoms with Crippen LogP contribution < -0.4 is 5.11 Å². The maximum atomic E-state index is 11.5. The summed E-state index contributed by atoms with van der Waals surface area (Å²) >= 11 is 0. The molecule has 3 atom stereocenters. The molecule has 7 nitrogen and oxygen atoms in total. The molecule has 0 spiro atoms. The van der Waals surface area contributed by atoms with Crippen LogP contribution in [0, 0.1) is 17.8 Å². The molecule has 0 aromatic carbocycles. The van der Waals surface area contributed by atoms with E-state index >= 15 is 0 Å². The number of allylic oxidation sites excluding steroid dienone is 1. The first kappa shape index (κ1) is 39.1. The Kier molecular flexibility index (Phi) is 23.5. The summed E-state index contributed by atoms with van der Waals surface area (Å²) in [4.78, 5) is 34.3. The van der Waals surface area contributed by atoms with E-state index in [4.69, 9.17) is 0 Å². The van der Waals surface area contributed by atoms with Gasteiger partial charge in [-0.3, -0.25) is 14.1 Å². The highest BCUT2D eigenvalue weighted by molar-refractivity contribution is 5.69. The standard InChI is InChI=1S/C34H63NO6/c1-5-6-7-8-9-10-11-12-13-14-15-16-17-18-19-20-21-25-35(26-22-29(2)32(36)37,27-23-30(3)33(38)39)28-24-31(4)34(40)41/h21,25,29-31H,5-20,22-24,26-28H2,1-4H3,(H2-,36,37,38,39,40,41)/b25-21+. The lowest BCUT2D eigenvalue weighted by molar-refractivity contribution is -0.881. The van der Waals surface area contributed by atoms with Crippen molar-refractivity contribution >= 4 is 17.9 Å². The summed E-state index contributed by atoms with van der Waals surface area (Å²) in [7, 11) is 0. The molecule has 240 valence electrons. The van der Waals surface area contributed by atoms with Crippen LogP contribution in [-0.2, 0) is 14.4 Å². The van der Waals surface area contributed by atoms with Gasteiger partial charge in [-0.1, -0.05) is 118 Å². The first-order valence-electron chi connectivity index (χ1n) is 16.7. The third kappa shape index (κ3) is 21.5. The van der Waals surface area contributed by atoms with Crippen molar-refractivity contribution < 1.29 is 34.2 Å². The first-order valence-corrected chi connectivity index (χ1v) is 16.7. The number of carbonyl (C=O) groups excluding carboxylic acids is 1. The molecule has 0 radical (unpaired) electrons. The van der Waals surface area contributed by atoms with Gasteiger partial charge in [0.2, 0.25) is 0 Å². The number of rotatable bonds is 29. The quantitative estimate of drug-likeness (QED) is 0.0695.